The number of unbranched alkanes of at least 4 members (excludes halogenated alkanes) is 7. The van der Waals surface area contributed by atoms with Crippen LogP contribution in [0, 0.1) is 0 Å². The normalized spacial score (nSPS) is 12.4. The van der Waals surface area contributed by atoms with Crippen LogP contribution in [0.15, 0.2) is 0 Å². The van der Waals surface area contributed by atoms with Crippen LogP contribution in [0.2, 0.25) is 0 Å². The maximum Gasteiger partial charge on any atom is 0.302 e. The lowest BCUT2D eigenvalue weighted by Crippen LogP contribution is -2.17. The van der Waals surface area contributed by atoms with E-state index < -0.39 is 0 Å². The molecule has 0 heterocycles. The number of hydrogen-bond donors (Lipinski definition) is 0. The van der Waals surface area contributed by atoms with E-state index in [0.717, 1.165) is 12.6 Å². The number of esters is 1. The van der Waals surface area contributed by atoms with Gasteiger partial charge >= 0.3 is 5.97 Å². The lowest BCUT2D eigenvalue weighted by atomic mass is 10.1. The van der Waals surface area contributed by atoms with E-state index in [9.17, 15) is 4.79 Å². The first kappa shape index (κ1) is 16.9. The predicted octanol–water partition coefficient (Wildman–Crippen LogP) is 4.32. The molecular formula is C14H29O2P. The fourth-order valence-electron chi connectivity index (χ4n) is 1.97. The van der Waals surface area contributed by atoms with E-state index in [2.05, 4.69) is 16.2 Å². The fourth-order valence-corrected chi connectivity index (χ4v) is 2.30. The van der Waals surface area contributed by atoms with Gasteiger partial charge in [0.1, 0.15) is 6.10 Å². The zero-order chi connectivity index (χ0) is 12.9. The fraction of sp³-hybridized carbons (Fsp3) is 0.929. The Labute approximate surface area is 109 Å². The van der Waals surface area contributed by atoms with Crippen molar-refractivity contribution in [1.82, 2.24) is 0 Å². The summed E-state index contributed by atoms with van der Waals surface area (Å²) in [5.41, 5.74) is 0. The summed E-state index contributed by atoms with van der Waals surface area (Å²) in [6.07, 6.45) is 12.6. The molecule has 0 aliphatic rings. The minimum absolute atomic E-state index is 0.109. The summed E-state index contributed by atoms with van der Waals surface area (Å²) >= 11 is 0. The Morgan fingerprint density at radius 2 is 1.59 bits per heavy atom. The maximum atomic E-state index is 10.8. The Bertz CT molecular complexity index is 183. The van der Waals surface area contributed by atoms with E-state index >= 15 is 0 Å². The number of carbonyl (C=O) groups excluding carboxylic acids is 1. The van der Waals surface area contributed by atoms with Gasteiger partial charge in [-0.25, -0.2) is 0 Å². The summed E-state index contributed by atoms with van der Waals surface area (Å²) in [4.78, 5) is 10.8. The second-order valence-electron chi connectivity index (χ2n) is 4.73. The van der Waals surface area contributed by atoms with Crippen LogP contribution >= 0.6 is 9.24 Å². The monoisotopic (exact) mass is 260 g/mol. The zero-order valence-electron chi connectivity index (χ0n) is 11.5. The van der Waals surface area contributed by atoms with Crippen LogP contribution in [-0.4, -0.2) is 18.2 Å². The molecule has 3 heteroatoms. The Morgan fingerprint density at radius 1 is 1.06 bits per heavy atom. The van der Waals surface area contributed by atoms with Gasteiger partial charge in [0, 0.05) is 6.92 Å². The van der Waals surface area contributed by atoms with Crippen LogP contribution in [0.1, 0.15) is 71.6 Å². The highest BCUT2D eigenvalue weighted by Crippen LogP contribution is 2.13. The molecule has 102 valence electrons. The molecule has 0 fully saturated rings. The first-order valence-electron chi connectivity index (χ1n) is 7.08. The highest BCUT2D eigenvalue weighted by atomic mass is 31.0. The molecule has 0 spiro atoms. The van der Waals surface area contributed by atoms with E-state index in [-0.39, 0.29) is 12.1 Å². The molecule has 0 N–H and O–H groups in total. The van der Waals surface area contributed by atoms with Crippen molar-refractivity contribution in [3.05, 3.63) is 0 Å². The van der Waals surface area contributed by atoms with Crippen LogP contribution in [-0.2, 0) is 9.53 Å². The molecule has 0 aliphatic heterocycles. The van der Waals surface area contributed by atoms with Crippen molar-refractivity contribution in [3.8, 4) is 0 Å². The zero-order valence-corrected chi connectivity index (χ0v) is 12.7. The molecule has 0 amide bonds. The van der Waals surface area contributed by atoms with Crippen LogP contribution in [0.5, 0.6) is 0 Å². The molecule has 0 rings (SSSR count). The van der Waals surface area contributed by atoms with Gasteiger partial charge in [-0.05, 0) is 19.0 Å². The summed E-state index contributed by atoms with van der Waals surface area (Å²) < 4.78 is 5.20. The maximum absolute atomic E-state index is 10.8. The van der Waals surface area contributed by atoms with Gasteiger partial charge in [-0.15, -0.1) is 9.24 Å². The molecule has 17 heavy (non-hydrogen) atoms. The molecule has 1 unspecified atom stereocenters. The summed E-state index contributed by atoms with van der Waals surface area (Å²) in [5, 5.41) is 0. The largest absolute Gasteiger partial charge is 0.462 e. The molecule has 0 saturated heterocycles. The molecule has 0 aromatic carbocycles. The number of hydrogen-bond acceptors (Lipinski definition) is 2. The quantitative estimate of drug-likeness (QED) is 0.314. The summed E-state index contributed by atoms with van der Waals surface area (Å²) in [7, 11) is 2.66. The van der Waals surface area contributed by atoms with Crippen molar-refractivity contribution in [2.45, 2.75) is 77.7 Å². The van der Waals surface area contributed by atoms with Gasteiger partial charge in [0.05, 0.1) is 0 Å². The second-order valence-corrected chi connectivity index (χ2v) is 5.20. The van der Waals surface area contributed by atoms with Crippen molar-refractivity contribution >= 4 is 15.2 Å². The Balaban J connectivity index is 3.28. The standard InChI is InChI=1S/C14H29O2P/c1-3-4-5-6-7-8-9-10-11-14(12-17)16-13(2)15/h14H,3-12,17H2,1-2H3/t14-/m0/s1. The van der Waals surface area contributed by atoms with Gasteiger partial charge in [-0.3, -0.25) is 4.79 Å². The van der Waals surface area contributed by atoms with Crippen molar-refractivity contribution in [1.29, 1.82) is 0 Å². The first-order valence-corrected chi connectivity index (χ1v) is 7.89. The van der Waals surface area contributed by atoms with E-state index in [1.165, 1.54) is 58.3 Å². The average molecular weight is 260 g/mol. The van der Waals surface area contributed by atoms with E-state index in [0.29, 0.717) is 0 Å². The molecule has 0 aliphatic carbocycles. The minimum atomic E-state index is -0.156. The second kappa shape index (κ2) is 12.4. The average Bonchev–Trinajstić information content (AvgIpc) is 2.30. The summed E-state index contributed by atoms with van der Waals surface area (Å²) in [6.45, 7) is 3.74. The van der Waals surface area contributed by atoms with Crippen LogP contribution in [0.3, 0.4) is 0 Å². The van der Waals surface area contributed by atoms with E-state index in [1.807, 2.05) is 0 Å². The van der Waals surface area contributed by atoms with Crippen LogP contribution in [0.4, 0.5) is 0 Å². The van der Waals surface area contributed by atoms with Gasteiger partial charge in [0.15, 0.2) is 0 Å². The lowest BCUT2D eigenvalue weighted by molar-refractivity contribution is -0.145. The highest BCUT2D eigenvalue weighted by molar-refractivity contribution is 7.16. The Morgan fingerprint density at radius 3 is 2.06 bits per heavy atom. The van der Waals surface area contributed by atoms with Crippen LogP contribution < -0.4 is 0 Å². The third-order valence-electron chi connectivity index (χ3n) is 2.98. The molecule has 2 atom stereocenters. The van der Waals surface area contributed by atoms with Gasteiger partial charge in [0.25, 0.3) is 0 Å². The highest BCUT2D eigenvalue weighted by Gasteiger charge is 2.08. The van der Waals surface area contributed by atoms with Gasteiger partial charge in [-0.2, -0.15) is 0 Å². The molecule has 2 nitrogen and oxygen atoms in total. The third kappa shape index (κ3) is 12.2. The number of carbonyl (C=O) groups is 1. The van der Waals surface area contributed by atoms with Crippen molar-refractivity contribution in [2.75, 3.05) is 6.16 Å². The Kier molecular flexibility index (Phi) is 12.3. The number of rotatable bonds is 11. The predicted molar refractivity (Wildman–Crippen MR) is 77.4 cm³/mol. The van der Waals surface area contributed by atoms with E-state index in [4.69, 9.17) is 4.74 Å². The van der Waals surface area contributed by atoms with Crippen molar-refractivity contribution in [3.63, 3.8) is 0 Å². The van der Waals surface area contributed by atoms with Gasteiger partial charge < -0.3 is 4.74 Å². The van der Waals surface area contributed by atoms with Crippen molar-refractivity contribution in [2.24, 2.45) is 0 Å². The van der Waals surface area contributed by atoms with Gasteiger partial charge in [-0.1, -0.05) is 51.9 Å². The lowest BCUT2D eigenvalue weighted by Gasteiger charge is -2.14. The van der Waals surface area contributed by atoms with Crippen LogP contribution in [0.25, 0.3) is 0 Å². The summed E-state index contributed by atoms with van der Waals surface area (Å²) in [6, 6.07) is 0. The number of ether oxygens (including phenoxy) is 1. The minimum Gasteiger partial charge on any atom is -0.462 e. The smallest absolute Gasteiger partial charge is 0.302 e. The molecule has 0 radical (unpaired) electrons. The molecule has 0 aromatic heterocycles. The molecule has 0 saturated carbocycles. The summed E-state index contributed by atoms with van der Waals surface area (Å²) in [5.74, 6) is -0.156. The molecule has 0 aromatic rings. The van der Waals surface area contributed by atoms with Crippen molar-refractivity contribution < 1.29 is 9.53 Å². The van der Waals surface area contributed by atoms with Gasteiger partial charge in [0.2, 0.25) is 0 Å². The SMILES string of the molecule is CCCCCCCCCC[C@@H](CP)OC(C)=O. The molecule has 0 bridgehead atoms. The third-order valence-corrected chi connectivity index (χ3v) is 3.50. The Hall–Kier alpha value is -0.100. The van der Waals surface area contributed by atoms with E-state index in [1.54, 1.807) is 0 Å². The topological polar surface area (TPSA) is 26.3 Å². The first-order chi connectivity index (χ1) is 8.20. The molecular weight excluding hydrogens is 231 g/mol.